The number of nitrogens with one attached hydrogen (secondary N) is 1. The highest BCUT2D eigenvalue weighted by molar-refractivity contribution is 7.80. The summed E-state index contributed by atoms with van der Waals surface area (Å²) in [4.78, 5) is 14.3. The van der Waals surface area contributed by atoms with Crippen molar-refractivity contribution in [2.75, 3.05) is 11.5 Å². The van der Waals surface area contributed by atoms with Crippen molar-refractivity contribution < 1.29 is 9.53 Å². The summed E-state index contributed by atoms with van der Waals surface area (Å²) >= 11 is 5.37. The molecular formula is C20H20N2O2S. The first-order valence-electron chi connectivity index (χ1n) is 8.16. The highest BCUT2D eigenvalue weighted by Gasteiger charge is 2.32. The zero-order valence-electron chi connectivity index (χ0n) is 14.5. The van der Waals surface area contributed by atoms with E-state index in [9.17, 15) is 4.79 Å². The van der Waals surface area contributed by atoms with Crippen molar-refractivity contribution in [1.82, 2.24) is 5.32 Å². The van der Waals surface area contributed by atoms with Gasteiger partial charge in [0.2, 0.25) is 0 Å². The SMILES string of the molecule is CCOc1ccc(/C=C2\NC(=S)N(c3cc(C)cc(C)c3)C2=O)cc1. The maximum atomic E-state index is 12.8. The molecule has 0 unspecified atom stereocenters. The van der Waals surface area contributed by atoms with Crippen LogP contribution >= 0.6 is 12.2 Å². The average molecular weight is 352 g/mol. The molecule has 4 nitrogen and oxygen atoms in total. The molecule has 3 rings (SSSR count). The number of thiocarbonyl (C=S) groups is 1. The van der Waals surface area contributed by atoms with Crippen molar-refractivity contribution in [3.63, 3.8) is 0 Å². The molecule has 0 radical (unpaired) electrons. The van der Waals surface area contributed by atoms with E-state index in [1.165, 1.54) is 4.90 Å². The first kappa shape index (κ1) is 17.2. The van der Waals surface area contributed by atoms with E-state index in [-0.39, 0.29) is 5.91 Å². The van der Waals surface area contributed by atoms with Gasteiger partial charge in [-0.2, -0.15) is 0 Å². The predicted octanol–water partition coefficient (Wildman–Crippen LogP) is 3.96. The Kier molecular flexibility index (Phi) is 4.86. The van der Waals surface area contributed by atoms with Crippen molar-refractivity contribution in [2.45, 2.75) is 20.8 Å². The van der Waals surface area contributed by atoms with E-state index in [1.54, 1.807) is 6.08 Å². The number of amides is 1. The predicted molar refractivity (Wildman–Crippen MR) is 105 cm³/mol. The molecule has 2 aromatic carbocycles. The van der Waals surface area contributed by atoms with Crippen LogP contribution in [0.15, 0.2) is 48.2 Å². The lowest BCUT2D eigenvalue weighted by atomic mass is 10.1. The summed E-state index contributed by atoms with van der Waals surface area (Å²) in [6.07, 6.45) is 1.80. The lowest BCUT2D eigenvalue weighted by Crippen LogP contribution is -2.30. The van der Waals surface area contributed by atoms with Gasteiger partial charge in [0.25, 0.3) is 5.91 Å². The molecule has 25 heavy (non-hydrogen) atoms. The Bertz CT molecular complexity index is 836. The van der Waals surface area contributed by atoms with Gasteiger partial charge < -0.3 is 10.1 Å². The van der Waals surface area contributed by atoms with Crippen LogP contribution in [-0.4, -0.2) is 17.6 Å². The van der Waals surface area contributed by atoms with Gasteiger partial charge in [0, 0.05) is 0 Å². The molecule has 1 amide bonds. The lowest BCUT2D eigenvalue weighted by Gasteiger charge is -2.15. The molecule has 1 heterocycles. The second-order valence-electron chi connectivity index (χ2n) is 5.98. The van der Waals surface area contributed by atoms with E-state index in [0.29, 0.717) is 17.4 Å². The Labute approximate surface area is 153 Å². The molecule has 0 atom stereocenters. The third-order valence-corrected chi connectivity index (χ3v) is 4.13. The number of rotatable bonds is 4. The van der Waals surface area contributed by atoms with E-state index < -0.39 is 0 Å². The summed E-state index contributed by atoms with van der Waals surface area (Å²) in [5.74, 6) is 0.659. The van der Waals surface area contributed by atoms with Gasteiger partial charge in [0.15, 0.2) is 5.11 Å². The fraction of sp³-hybridized carbons (Fsp3) is 0.200. The van der Waals surface area contributed by atoms with E-state index in [2.05, 4.69) is 11.4 Å². The Morgan fingerprint density at radius 3 is 2.36 bits per heavy atom. The summed E-state index contributed by atoms with van der Waals surface area (Å²) in [6, 6.07) is 13.6. The highest BCUT2D eigenvalue weighted by atomic mass is 32.1. The van der Waals surface area contributed by atoms with Crippen LogP contribution in [0.25, 0.3) is 6.08 Å². The van der Waals surface area contributed by atoms with Crippen molar-refractivity contribution in [1.29, 1.82) is 0 Å². The molecular weight excluding hydrogens is 332 g/mol. The number of hydrogen-bond acceptors (Lipinski definition) is 3. The molecule has 1 N–H and O–H groups in total. The second-order valence-corrected chi connectivity index (χ2v) is 6.36. The summed E-state index contributed by atoms with van der Waals surface area (Å²) in [6.45, 7) is 6.58. The normalized spacial score (nSPS) is 15.6. The van der Waals surface area contributed by atoms with Crippen LogP contribution in [0.3, 0.4) is 0 Å². The van der Waals surface area contributed by atoms with Crippen molar-refractivity contribution >= 4 is 35.0 Å². The van der Waals surface area contributed by atoms with Crippen LogP contribution < -0.4 is 15.0 Å². The molecule has 0 aromatic heterocycles. The largest absolute Gasteiger partial charge is 0.494 e. The minimum atomic E-state index is -0.149. The van der Waals surface area contributed by atoms with E-state index in [1.807, 2.05) is 57.2 Å². The number of anilines is 1. The first-order chi connectivity index (χ1) is 12.0. The van der Waals surface area contributed by atoms with Gasteiger partial charge in [-0.05, 0) is 80.0 Å². The molecule has 1 aliphatic rings. The second kappa shape index (κ2) is 7.07. The van der Waals surface area contributed by atoms with Gasteiger partial charge in [0.05, 0.1) is 12.3 Å². The molecule has 2 aromatic rings. The molecule has 0 aliphatic carbocycles. The standard InChI is InChI=1S/C20H20N2O2S/c1-4-24-17-7-5-15(6-8-17)12-18-19(23)22(20(25)21-18)16-10-13(2)9-14(3)11-16/h5-12H,4H2,1-3H3,(H,21,25)/b18-12-. The average Bonchev–Trinajstić information content (AvgIpc) is 2.82. The van der Waals surface area contributed by atoms with Crippen LogP contribution in [0.2, 0.25) is 0 Å². The van der Waals surface area contributed by atoms with Gasteiger partial charge in [-0.15, -0.1) is 0 Å². The number of hydrogen-bond donors (Lipinski definition) is 1. The fourth-order valence-electron chi connectivity index (χ4n) is 2.84. The van der Waals surface area contributed by atoms with Crippen LogP contribution in [0.1, 0.15) is 23.6 Å². The Balaban J connectivity index is 1.87. The van der Waals surface area contributed by atoms with Gasteiger partial charge in [-0.1, -0.05) is 18.2 Å². The molecule has 1 aliphatic heterocycles. The van der Waals surface area contributed by atoms with Gasteiger partial charge in [-0.3, -0.25) is 9.69 Å². The molecule has 128 valence electrons. The van der Waals surface area contributed by atoms with Crippen LogP contribution in [-0.2, 0) is 4.79 Å². The Hall–Kier alpha value is -2.66. The lowest BCUT2D eigenvalue weighted by molar-refractivity contribution is -0.113. The van der Waals surface area contributed by atoms with Crippen molar-refractivity contribution in [3.05, 3.63) is 64.9 Å². The molecule has 1 saturated heterocycles. The van der Waals surface area contributed by atoms with E-state index >= 15 is 0 Å². The molecule has 0 spiro atoms. The number of nitrogens with zero attached hydrogens (tertiary/aromatic N) is 1. The summed E-state index contributed by atoms with van der Waals surface area (Å²) in [5.41, 5.74) is 4.34. The van der Waals surface area contributed by atoms with E-state index in [0.717, 1.165) is 28.1 Å². The molecule has 5 heteroatoms. The zero-order chi connectivity index (χ0) is 18.0. The summed E-state index contributed by atoms with van der Waals surface area (Å²) in [5, 5.41) is 3.41. The van der Waals surface area contributed by atoms with Crippen molar-refractivity contribution in [2.24, 2.45) is 0 Å². The maximum absolute atomic E-state index is 12.8. The number of aryl methyl sites for hydroxylation is 2. The number of ether oxygens (including phenoxy) is 1. The quantitative estimate of drug-likeness (QED) is 0.668. The number of carbonyl (C=O) groups is 1. The van der Waals surface area contributed by atoms with Gasteiger partial charge in [-0.25, -0.2) is 0 Å². The molecule has 0 bridgehead atoms. The minimum Gasteiger partial charge on any atom is -0.494 e. The number of benzene rings is 2. The third-order valence-electron chi connectivity index (χ3n) is 3.84. The third kappa shape index (κ3) is 3.72. The topological polar surface area (TPSA) is 41.6 Å². The van der Waals surface area contributed by atoms with E-state index in [4.69, 9.17) is 17.0 Å². The molecule has 1 fully saturated rings. The first-order valence-corrected chi connectivity index (χ1v) is 8.57. The highest BCUT2D eigenvalue weighted by Crippen LogP contribution is 2.25. The van der Waals surface area contributed by atoms with Crippen molar-refractivity contribution in [3.8, 4) is 5.75 Å². The minimum absolute atomic E-state index is 0.149. The van der Waals surface area contributed by atoms with Crippen LogP contribution in [0.4, 0.5) is 5.69 Å². The molecule has 0 saturated carbocycles. The van der Waals surface area contributed by atoms with Crippen LogP contribution in [0.5, 0.6) is 5.75 Å². The fourth-order valence-corrected chi connectivity index (χ4v) is 3.14. The van der Waals surface area contributed by atoms with Gasteiger partial charge >= 0.3 is 0 Å². The Morgan fingerprint density at radius 2 is 1.76 bits per heavy atom. The zero-order valence-corrected chi connectivity index (χ0v) is 15.3. The monoisotopic (exact) mass is 352 g/mol. The summed E-state index contributed by atoms with van der Waals surface area (Å²) in [7, 11) is 0. The van der Waals surface area contributed by atoms with Crippen LogP contribution in [0, 0.1) is 13.8 Å². The maximum Gasteiger partial charge on any atom is 0.281 e. The summed E-state index contributed by atoms with van der Waals surface area (Å²) < 4.78 is 5.43. The Morgan fingerprint density at radius 1 is 1.12 bits per heavy atom. The number of carbonyl (C=O) groups excluding carboxylic acids is 1. The smallest absolute Gasteiger partial charge is 0.281 e. The van der Waals surface area contributed by atoms with Gasteiger partial charge in [0.1, 0.15) is 11.4 Å².